The van der Waals surface area contributed by atoms with Gasteiger partial charge in [-0.05, 0) is 13.3 Å². The summed E-state index contributed by atoms with van der Waals surface area (Å²) in [4.78, 5) is 19.8. The van der Waals surface area contributed by atoms with Crippen molar-refractivity contribution in [3.05, 3.63) is 0 Å². The van der Waals surface area contributed by atoms with Crippen LogP contribution in [0.5, 0.6) is 0 Å². The lowest BCUT2D eigenvalue weighted by atomic mass is 10.3. The highest BCUT2D eigenvalue weighted by Gasteiger charge is 2.23. The molecule has 0 atom stereocenters. The van der Waals surface area contributed by atoms with E-state index in [4.69, 9.17) is 9.47 Å². The van der Waals surface area contributed by atoms with Crippen LogP contribution in [0.3, 0.4) is 0 Å². The minimum Gasteiger partial charge on any atom is -0.450 e. The molecule has 23 heavy (non-hydrogen) atoms. The second kappa shape index (κ2) is 13.6. The Morgan fingerprint density at radius 1 is 1.13 bits per heavy atom. The number of ether oxygens (including phenoxy) is 2. The van der Waals surface area contributed by atoms with E-state index in [0.717, 1.165) is 45.0 Å². The highest BCUT2D eigenvalue weighted by atomic mass is 127. The summed E-state index contributed by atoms with van der Waals surface area (Å²) in [6.45, 7) is 9.47. The molecule has 0 saturated carbocycles. The standard InChI is InChI=1S/C15H30N4O3.HI/c1-4-6-12-21-13-7-17-14(16-3)18-8-10-19(11-9-18)15(20)22-5-2;/h4-13H2,1-3H3,(H,16,17);1H. The van der Waals surface area contributed by atoms with Crippen LogP contribution in [0.4, 0.5) is 4.79 Å². The Kier molecular flexibility index (Phi) is 13.2. The lowest BCUT2D eigenvalue weighted by Crippen LogP contribution is -2.54. The van der Waals surface area contributed by atoms with Crippen LogP contribution in [0.1, 0.15) is 26.7 Å². The van der Waals surface area contributed by atoms with Crippen LogP contribution < -0.4 is 5.32 Å². The minimum atomic E-state index is -0.227. The Morgan fingerprint density at radius 3 is 2.35 bits per heavy atom. The Morgan fingerprint density at radius 2 is 1.78 bits per heavy atom. The molecule has 0 aromatic heterocycles. The fourth-order valence-corrected chi connectivity index (χ4v) is 2.23. The molecule has 0 aromatic carbocycles. The zero-order valence-corrected chi connectivity index (χ0v) is 16.9. The van der Waals surface area contributed by atoms with Crippen LogP contribution in [0.15, 0.2) is 4.99 Å². The molecule has 136 valence electrons. The summed E-state index contributed by atoms with van der Waals surface area (Å²) < 4.78 is 10.5. The molecule has 0 unspecified atom stereocenters. The second-order valence-electron chi connectivity index (χ2n) is 5.11. The summed E-state index contributed by atoms with van der Waals surface area (Å²) in [5.74, 6) is 0.864. The predicted octanol–water partition coefficient (Wildman–Crippen LogP) is 1.77. The van der Waals surface area contributed by atoms with Crippen LogP contribution in [-0.4, -0.2) is 81.4 Å². The molecule has 0 radical (unpaired) electrons. The van der Waals surface area contributed by atoms with Gasteiger partial charge in [0.2, 0.25) is 0 Å². The lowest BCUT2D eigenvalue weighted by Gasteiger charge is -2.35. The normalized spacial score (nSPS) is 15.2. The van der Waals surface area contributed by atoms with E-state index in [1.54, 1.807) is 11.9 Å². The first kappa shape index (κ1) is 22.2. The van der Waals surface area contributed by atoms with Gasteiger partial charge < -0.3 is 24.6 Å². The average Bonchev–Trinajstić information content (AvgIpc) is 2.55. The van der Waals surface area contributed by atoms with E-state index in [-0.39, 0.29) is 30.1 Å². The Hall–Kier alpha value is -0.770. The van der Waals surface area contributed by atoms with Crippen LogP contribution in [-0.2, 0) is 9.47 Å². The number of hydrogen-bond acceptors (Lipinski definition) is 4. The van der Waals surface area contributed by atoms with Gasteiger partial charge in [-0.1, -0.05) is 13.3 Å². The van der Waals surface area contributed by atoms with Gasteiger partial charge in [0.15, 0.2) is 5.96 Å². The van der Waals surface area contributed by atoms with Gasteiger partial charge in [-0.25, -0.2) is 4.79 Å². The summed E-state index contributed by atoms with van der Waals surface area (Å²) in [5.41, 5.74) is 0. The first-order chi connectivity index (χ1) is 10.7. The smallest absolute Gasteiger partial charge is 0.409 e. The fourth-order valence-electron chi connectivity index (χ4n) is 2.23. The van der Waals surface area contributed by atoms with Crippen molar-refractivity contribution in [3.8, 4) is 0 Å². The van der Waals surface area contributed by atoms with Gasteiger partial charge in [0, 0.05) is 46.4 Å². The number of rotatable bonds is 7. The summed E-state index contributed by atoms with van der Waals surface area (Å²) in [7, 11) is 1.78. The van der Waals surface area contributed by atoms with Crippen molar-refractivity contribution in [2.24, 2.45) is 4.99 Å². The van der Waals surface area contributed by atoms with E-state index in [9.17, 15) is 4.79 Å². The zero-order chi connectivity index (χ0) is 16.2. The quantitative estimate of drug-likeness (QED) is 0.282. The number of aliphatic imine (C=N–C) groups is 1. The molecule has 7 nitrogen and oxygen atoms in total. The van der Waals surface area contributed by atoms with Gasteiger partial charge in [0.05, 0.1) is 13.2 Å². The van der Waals surface area contributed by atoms with E-state index in [0.29, 0.717) is 26.3 Å². The molecule has 0 spiro atoms. The van der Waals surface area contributed by atoms with Gasteiger partial charge in [-0.3, -0.25) is 4.99 Å². The van der Waals surface area contributed by atoms with Gasteiger partial charge in [-0.2, -0.15) is 0 Å². The predicted molar refractivity (Wildman–Crippen MR) is 103 cm³/mol. The number of piperazine rings is 1. The molecule has 1 heterocycles. The van der Waals surface area contributed by atoms with Crippen LogP contribution in [0.25, 0.3) is 0 Å². The Labute approximate surface area is 156 Å². The molecular formula is C15H31IN4O3. The molecule has 1 amide bonds. The van der Waals surface area contributed by atoms with E-state index >= 15 is 0 Å². The molecule has 1 fully saturated rings. The van der Waals surface area contributed by atoms with Crippen LogP contribution >= 0.6 is 24.0 Å². The van der Waals surface area contributed by atoms with Gasteiger partial charge in [0.25, 0.3) is 0 Å². The molecule has 1 N–H and O–H groups in total. The van der Waals surface area contributed by atoms with Crippen molar-refractivity contribution in [2.45, 2.75) is 26.7 Å². The molecule has 1 aliphatic heterocycles. The number of nitrogens with zero attached hydrogens (tertiary/aromatic N) is 3. The van der Waals surface area contributed by atoms with E-state index < -0.39 is 0 Å². The summed E-state index contributed by atoms with van der Waals surface area (Å²) in [5, 5.41) is 3.30. The van der Waals surface area contributed by atoms with Gasteiger partial charge in [0.1, 0.15) is 0 Å². The first-order valence-corrected chi connectivity index (χ1v) is 8.17. The summed E-state index contributed by atoms with van der Waals surface area (Å²) in [6.07, 6.45) is 2.03. The maximum atomic E-state index is 11.7. The summed E-state index contributed by atoms with van der Waals surface area (Å²) in [6, 6.07) is 0. The third kappa shape index (κ3) is 8.59. The minimum absolute atomic E-state index is 0. The number of nitrogens with one attached hydrogen (secondary N) is 1. The molecule has 0 bridgehead atoms. The molecule has 8 heteroatoms. The first-order valence-electron chi connectivity index (χ1n) is 8.17. The largest absolute Gasteiger partial charge is 0.450 e. The molecular weight excluding hydrogens is 411 g/mol. The van der Waals surface area contributed by atoms with Crippen LogP contribution in [0.2, 0.25) is 0 Å². The van der Waals surface area contributed by atoms with Gasteiger partial charge >= 0.3 is 6.09 Å². The van der Waals surface area contributed by atoms with Crippen molar-refractivity contribution in [2.75, 3.05) is 59.6 Å². The maximum absolute atomic E-state index is 11.7. The monoisotopic (exact) mass is 442 g/mol. The number of halogens is 1. The van der Waals surface area contributed by atoms with Crippen molar-refractivity contribution < 1.29 is 14.3 Å². The Balaban J connectivity index is 0.00000484. The van der Waals surface area contributed by atoms with Crippen molar-refractivity contribution >= 4 is 36.0 Å². The van der Waals surface area contributed by atoms with Crippen LogP contribution in [0, 0.1) is 0 Å². The van der Waals surface area contributed by atoms with Crippen molar-refractivity contribution in [1.29, 1.82) is 0 Å². The highest BCUT2D eigenvalue weighted by Crippen LogP contribution is 2.04. The fraction of sp³-hybridized carbons (Fsp3) is 0.867. The number of amides is 1. The molecule has 0 aromatic rings. The number of carbonyl (C=O) groups excluding carboxylic acids is 1. The molecule has 1 aliphatic rings. The SMILES string of the molecule is CCCCOCCNC(=NC)N1CCN(C(=O)OCC)CC1.I. The van der Waals surface area contributed by atoms with Gasteiger partial charge in [-0.15, -0.1) is 24.0 Å². The van der Waals surface area contributed by atoms with E-state index in [1.165, 1.54) is 0 Å². The number of carbonyl (C=O) groups is 1. The zero-order valence-electron chi connectivity index (χ0n) is 14.5. The third-order valence-electron chi connectivity index (χ3n) is 3.49. The maximum Gasteiger partial charge on any atom is 0.409 e. The Bertz CT molecular complexity index is 348. The number of unbranched alkanes of at least 4 members (excludes halogenated alkanes) is 1. The average molecular weight is 442 g/mol. The topological polar surface area (TPSA) is 66.4 Å². The van der Waals surface area contributed by atoms with Crippen molar-refractivity contribution in [3.63, 3.8) is 0 Å². The number of hydrogen-bond donors (Lipinski definition) is 1. The molecule has 1 saturated heterocycles. The van der Waals surface area contributed by atoms with Crippen molar-refractivity contribution in [1.82, 2.24) is 15.1 Å². The third-order valence-corrected chi connectivity index (χ3v) is 3.49. The second-order valence-corrected chi connectivity index (χ2v) is 5.11. The molecule has 1 rings (SSSR count). The van der Waals surface area contributed by atoms with E-state index in [1.807, 2.05) is 6.92 Å². The number of guanidine groups is 1. The highest BCUT2D eigenvalue weighted by molar-refractivity contribution is 14.0. The van der Waals surface area contributed by atoms with E-state index in [2.05, 4.69) is 22.1 Å². The lowest BCUT2D eigenvalue weighted by molar-refractivity contribution is 0.0912. The molecule has 0 aliphatic carbocycles. The summed E-state index contributed by atoms with van der Waals surface area (Å²) >= 11 is 0.